The number of likely N-dealkylation sites (tertiary alicyclic amines) is 1. The Balaban J connectivity index is 2.27. The van der Waals surface area contributed by atoms with Gasteiger partial charge in [-0.3, -0.25) is 4.79 Å². The normalized spacial score (nSPS) is 22.1. The second-order valence-electron chi connectivity index (χ2n) is 5.76. The summed E-state index contributed by atoms with van der Waals surface area (Å²) in [6, 6.07) is 0.000273. The molecule has 0 aromatic carbocycles. The van der Waals surface area contributed by atoms with Crippen molar-refractivity contribution in [2.75, 3.05) is 26.7 Å². The van der Waals surface area contributed by atoms with E-state index in [2.05, 4.69) is 24.2 Å². The summed E-state index contributed by atoms with van der Waals surface area (Å²) in [5, 5.41) is 3.04. The van der Waals surface area contributed by atoms with Gasteiger partial charge in [-0.1, -0.05) is 13.8 Å². The van der Waals surface area contributed by atoms with Crippen molar-refractivity contribution < 1.29 is 4.79 Å². The molecule has 0 radical (unpaired) electrons. The number of carbonyl (C=O) groups excluding carboxylic acids is 1. The minimum Gasteiger partial charge on any atom is -0.356 e. The van der Waals surface area contributed by atoms with E-state index in [-0.39, 0.29) is 17.4 Å². The second kappa shape index (κ2) is 6.36. The molecule has 1 fully saturated rings. The van der Waals surface area contributed by atoms with Gasteiger partial charge in [0, 0.05) is 19.0 Å². The smallest absolute Gasteiger partial charge is 0.221 e. The average molecular weight is 241 g/mol. The number of hydrogen-bond donors (Lipinski definition) is 2. The summed E-state index contributed by atoms with van der Waals surface area (Å²) in [6.07, 6.45) is 3.62. The van der Waals surface area contributed by atoms with Crippen molar-refractivity contribution in [1.29, 1.82) is 0 Å². The van der Waals surface area contributed by atoms with Gasteiger partial charge in [0.05, 0.1) is 0 Å². The van der Waals surface area contributed by atoms with Crippen molar-refractivity contribution >= 4 is 5.91 Å². The molecule has 1 saturated heterocycles. The number of hydrogen-bond acceptors (Lipinski definition) is 3. The molecule has 1 aliphatic rings. The third kappa shape index (κ3) is 5.04. The minimum absolute atomic E-state index is 0.000273. The lowest BCUT2D eigenvalue weighted by Crippen LogP contribution is -2.44. The van der Waals surface area contributed by atoms with E-state index >= 15 is 0 Å². The van der Waals surface area contributed by atoms with Crippen molar-refractivity contribution in [3.63, 3.8) is 0 Å². The Hall–Kier alpha value is -0.610. The van der Waals surface area contributed by atoms with E-state index in [1.54, 1.807) is 0 Å². The van der Waals surface area contributed by atoms with Crippen LogP contribution in [-0.4, -0.2) is 43.5 Å². The molecule has 1 unspecified atom stereocenters. The van der Waals surface area contributed by atoms with E-state index in [1.165, 1.54) is 0 Å². The van der Waals surface area contributed by atoms with Crippen LogP contribution in [0.2, 0.25) is 0 Å². The lowest BCUT2D eigenvalue weighted by Gasteiger charge is -2.38. The number of nitrogens with two attached hydrogens (primary N) is 1. The third-order valence-electron chi connectivity index (χ3n) is 3.88. The number of rotatable bonds is 5. The maximum absolute atomic E-state index is 11.7. The Labute approximate surface area is 105 Å². The van der Waals surface area contributed by atoms with Crippen molar-refractivity contribution in [3.05, 3.63) is 0 Å². The Bertz CT molecular complexity index is 247. The Morgan fingerprint density at radius 1 is 1.47 bits per heavy atom. The average Bonchev–Trinajstić information content (AvgIpc) is 2.31. The molecule has 1 heterocycles. The zero-order valence-electron chi connectivity index (χ0n) is 11.5. The largest absolute Gasteiger partial charge is 0.356 e. The van der Waals surface area contributed by atoms with Gasteiger partial charge in [-0.15, -0.1) is 0 Å². The molecule has 0 saturated carbocycles. The van der Waals surface area contributed by atoms with Crippen molar-refractivity contribution in [2.24, 2.45) is 11.1 Å². The van der Waals surface area contributed by atoms with E-state index < -0.39 is 0 Å². The molecule has 1 amide bonds. The zero-order valence-corrected chi connectivity index (χ0v) is 11.5. The maximum atomic E-state index is 11.7. The van der Waals surface area contributed by atoms with Gasteiger partial charge in [-0.25, -0.2) is 0 Å². The van der Waals surface area contributed by atoms with Gasteiger partial charge in [0.2, 0.25) is 5.91 Å². The fourth-order valence-electron chi connectivity index (χ4n) is 2.10. The van der Waals surface area contributed by atoms with Crippen LogP contribution in [0.1, 0.15) is 39.5 Å². The van der Waals surface area contributed by atoms with Crippen molar-refractivity contribution in [3.8, 4) is 0 Å². The number of nitrogens with one attached hydrogen (secondary N) is 1. The van der Waals surface area contributed by atoms with E-state index in [0.717, 1.165) is 38.9 Å². The Morgan fingerprint density at radius 3 is 2.59 bits per heavy atom. The predicted octanol–water partition coefficient (Wildman–Crippen LogP) is 0.962. The van der Waals surface area contributed by atoms with Crippen molar-refractivity contribution in [1.82, 2.24) is 10.2 Å². The van der Waals surface area contributed by atoms with Crippen LogP contribution < -0.4 is 11.1 Å². The van der Waals surface area contributed by atoms with E-state index in [0.29, 0.717) is 6.42 Å². The molecule has 0 spiro atoms. The van der Waals surface area contributed by atoms with Crippen LogP contribution in [0.3, 0.4) is 0 Å². The number of nitrogens with zero attached hydrogens (tertiary/aromatic N) is 1. The Kier molecular flexibility index (Phi) is 5.40. The highest BCUT2D eigenvalue weighted by Gasteiger charge is 2.29. The lowest BCUT2D eigenvalue weighted by molar-refractivity contribution is -0.122. The van der Waals surface area contributed by atoms with Crippen LogP contribution >= 0.6 is 0 Å². The van der Waals surface area contributed by atoms with E-state index in [9.17, 15) is 4.79 Å². The summed E-state index contributed by atoms with van der Waals surface area (Å²) >= 11 is 0. The predicted molar refractivity (Wildman–Crippen MR) is 70.7 cm³/mol. The van der Waals surface area contributed by atoms with Crippen molar-refractivity contribution in [2.45, 2.75) is 45.6 Å². The van der Waals surface area contributed by atoms with Gasteiger partial charge >= 0.3 is 0 Å². The maximum Gasteiger partial charge on any atom is 0.221 e. The molecule has 4 nitrogen and oxygen atoms in total. The summed E-state index contributed by atoms with van der Waals surface area (Å²) in [4.78, 5) is 14.0. The van der Waals surface area contributed by atoms with Crippen LogP contribution in [0.15, 0.2) is 0 Å². The minimum atomic E-state index is 0.000273. The summed E-state index contributed by atoms with van der Waals surface area (Å²) in [5.74, 6) is 0.0968. The third-order valence-corrected chi connectivity index (χ3v) is 3.88. The molecule has 17 heavy (non-hydrogen) atoms. The fraction of sp³-hybridized carbons (Fsp3) is 0.923. The van der Waals surface area contributed by atoms with Crippen LogP contribution in [0, 0.1) is 5.41 Å². The monoisotopic (exact) mass is 241 g/mol. The summed E-state index contributed by atoms with van der Waals surface area (Å²) in [7, 11) is 2.15. The van der Waals surface area contributed by atoms with Gasteiger partial charge in [0.15, 0.2) is 0 Å². The standard InChI is InChI=1S/C13H27N3O/c1-4-11(14)9-12(17)15-10-13(2)5-7-16(3)8-6-13/h11H,4-10,14H2,1-3H3,(H,15,17). The molecule has 3 N–H and O–H groups in total. The molecule has 0 aromatic rings. The fourth-order valence-corrected chi connectivity index (χ4v) is 2.10. The first kappa shape index (κ1) is 14.5. The van der Waals surface area contributed by atoms with E-state index in [4.69, 9.17) is 5.73 Å². The first-order valence-corrected chi connectivity index (χ1v) is 6.66. The molecular weight excluding hydrogens is 214 g/mol. The zero-order chi connectivity index (χ0) is 12.9. The van der Waals surface area contributed by atoms with Gasteiger partial charge in [-0.2, -0.15) is 0 Å². The molecule has 1 aliphatic heterocycles. The van der Waals surface area contributed by atoms with Gasteiger partial charge in [0.25, 0.3) is 0 Å². The van der Waals surface area contributed by atoms with Gasteiger partial charge in [0.1, 0.15) is 0 Å². The number of carbonyl (C=O) groups is 1. The summed E-state index contributed by atoms with van der Waals surface area (Å²) < 4.78 is 0. The first-order chi connectivity index (χ1) is 7.95. The van der Waals surface area contributed by atoms with Gasteiger partial charge < -0.3 is 16.0 Å². The number of amides is 1. The highest BCUT2D eigenvalue weighted by Crippen LogP contribution is 2.29. The second-order valence-corrected chi connectivity index (χ2v) is 5.76. The van der Waals surface area contributed by atoms with Crippen LogP contribution in [0.25, 0.3) is 0 Å². The molecule has 0 bridgehead atoms. The molecule has 4 heteroatoms. The SMILES string of the molecule is CCC(N)CC(=O)NCC1(C)CCN(C)CC1. The quantitative estimate of drug-likeness (QED) is 0.754. The highest BCUT2D eigenvalue weighted by molar-refractivity contribution is 5.76. The molecule has 100 valence electrons. The van der Waals surface area contributed by atoms with E-state index in [1.807, 2.05) is 6.92 Å². The molecule has 0 aliphatic carbocycles. The summed E-state index contributed by atoms with van der Waals surface area (Å²) in [6.45, 7) is 7.31. The molecule has 0 aromatic heterocycles. The first-order valence-electron chi connectivity index (χ1n) is 6.66. The van der Waals surface area contributed by atoms with Crippen LogP contribution in [-0.2, 0) is 4.79 Å². The summed E-state index contributed by atoms with van der Waals surface area (Å²) in [5.41, 5.74) is 6.03. The Morgan fingerprint density at radius 2 is 2.06 bits per heavy atom. The van der Waals surface area contributed by atoms with Crippen LogP contribution in [0.5, 0.6) is 0 Å². The molecular formula is C13H27N3O. The lowest BCUT2D eigenvalue weighted by atomic mass is 9.80. The highest BCUT2D eigenvalue weighted by atomic mass is 16.1. The van der Waals surface area contributed by atoms with Crippen LogP contribution in [0.4, 0.5) is 0 Å². The number of piperidine rings is 1. The molecule has 1 rings (SSSR count). The molecule has 1 atom stereocenters. The topological polar surface area (TPSA) is 58.4 Å². The van der Waals surface area contributed by atoms with Gasteiger partial charge in [-0.05, 0) is 44.8 Å².